The van der Waals surface area contributed by atoms with Gasteiger partial charge in [-0.1, -0.05) is 108 Å². The van der Waals surface area contributed by atoms with Crippen LogP contribution in [0.25, 0.3) is 0 Å². The van der Waals surface area contributed by atoms with E-state index < -0.39 is 11.9 Å². The molecule has 1 heterocycles. The number of rotatable bonds is 26. The molecule has 0 atom stereocenters. The van der Waals surface area contributed by atoms with Crippen LogP contribution in [0, 0.1) is 0 Å². The Kier molecular flexibility index (Phi) is 21.8. The van der Waals surface area contributed by atoms with Crippen molar-refractivity contribution >= 4 is 11.9 Å². The number of hydrogen-bond acceptors (Lipinski definition) is 8. The number of aliphatic hydroxyl groups is 2. The van der Waals surface area contributed by atoms with Gasteiger partial charge in [0.25, 0.3) is 0 Å². The number of nitrogens with zero attached hydrogens (tertiary/aromatic N) is 1. The van der Waals surface area contributed by atoms with Crippen LogP contribution in [0.1, 0.15) is 149 Å². The summed E-state index contributed by atoms with van der Waals surface area (Å²) in [6.07, 6.45) is 22.1. The third kappa shape index (κ3) is 18.9. The average molecular weight is 526 g/mol. The second-order valence-electron chi connectivity index (χ2n) is 9.87. The Bertz CT molecular complexity index is 622. The lowest BCUT2D eigenvalue weighted by Gasteiger charge is -2.04. The lowest BCUT2D eigenvalue weighted by molar-refractivity contribution is 0.0442. The standard InChI is InChI=1S/C29H51NO7/c31-21-17-13-9-5-1-3-7-11-15-19-23-35-28(33)26-25-27(37-30-26)29(34)36-24-20-16-12-8-4-2-6-10-14-18-22-32/h25,31-32H,1-24H2. The maximum Gasteiger partial charge on any atom is 0.377 e. The number of unbranched alkanes of at least 4 members (excludes halogenated alkanes) is 18. The summed E-state index contributed by atoms with van der Waals surface area (Å²) < 4.78 is 15.4. The van der Waals surface area contributed by atoms with E-state index in [4.69, 9.17) is 24.2 Å². The quantitative estimate of drug-likeness (QED) is 0.100. The zero-order chi connectivity index (χ0) is 26.8. The zero-order valence-electron chi connectivity index (χ0n) is 22.9. The molecule has 0 aliphatic carbocycles. The van der Waals surface area contributed by atoms with E-state index >= 15 is 0 Å². The van der Waals surface area contributed by atoms with Crippen LogP contribution in [0.4, 0.5) is 0 Å². The molecule has 0 radical (unpaired) electrons. The summed E-state index contributed by atoms with van der Waals surface area (Å²) in [7, 11) is 0. The number of carbonyl (C=O) groups excluding carboxylic acids is 2. The highest BCUT2D eigenvalue weighted by atomic mass is 16.6. The average Bonchev–Trinajstić information content (AvgIpc) is 3.40. The second-order valence-corrected chi connectivity index (χ2v) is 9.87. The number of ether oxygens (including phenoxy) is 2. The molecule has 214 valence electrons. The second kappa shape index (κ2) is 24.4. The van der Waals surface area contributed by atoms with Gasteiger partial charge in [-0.25, -0.2) is 9.59 Å². The maximum absolute atomic E-state index is 12.1. The van der Waals surface area contributed by atoms with Crippen LogP contribution in [0.3, 0.4) is 0 Å². The highest BCUT2D eigenvalue weighted by Gasteiger charge is 2.19. The van der Waals surface area contributed by atoms with Crippen LogP contribution in [-0.2, 0) is 9.47 Å². The molecule has 0 aliphatic rings. The van der Waals surface area contributed by atoms with E-state index in [2.05, 4.69) is 5.16 Å². The van der Waals surface area contributed by atoms with Crippen molar-refractivity contribution in [3.63, 3.8) is 0 Å². The summed E-state index contributed by atoms with van der Waals surface area (Å²) in [6, 6.07) is 1.28. The van der Waals surface area contributed by atoms with Crippen LogP contribution in [0.2, 0.25) is 0 Å². The van der Waals surface area contributed by atoms with Gasteiger partial charge in [0.15, 0.2) is 5.69 Å². The number of aliphatic hydroxyl groups excluding tert-OH is 2. The number of aromatic nitrogens is 1. The molecule has 8 nitrogen and oxygen atoms in total. The van der Waals surface area contributed by atoms with Crippen LogP contribution < -0.4 is 0 Å². The minimum Gasteiger partial charge on any atom is -0.461 e. The highest BCUT2D eigenvalue weighted by molar-refractivity contribution is 5.92. The Morgan fingerprint density at radius 2 is 0.919 bits per heavy atom. The topological polar surface area (TPSA) is 119 Å². The largest absolute Gasteiger partial charge is 0.461 e. The van der Waals surface area contributed by atoms with Crippen molar-refractivity contribution in [1.82, 2.24) is 5.16 Å². The molecule has 0 spiro atoms. The van der Waals surface area contributed by atoms with E-state index in [0.717, 1.165) is 64.2 Å². The SMILES string of the molecule is O=C(OCCCCCCCCCCCCO)c1cc(C(=O)OCCCCCCCCCCCCO)on1. The van der Waals surface area contributed by atoms with E-state index in [0.29, 0.717) is 26.4 Å². The molecule has 0 bridgehead atoms. The highest BCUT2D eigenvalue weighted by Crippen LogP contribution is 2.13. The van der Waals surface area contributed by atoms with E-state index in [1.54, 1.807) is 0 Å². The first-order valence-corrected chi connectivity index (χ1v) is 14.7. The lowest BCUT2D eigenvalue weighted by Crippen LogP contribution is -2.07. The van der Waals surface area contributed by atoms with Gasteiger partial charge >= 0.3 is 11.9 Å². The Morgan fingerprint density at radius 1 is 0.568 bits per heavy atom. The Hall–Kier alpha value is -1.93. The first-order chi connectivity index (χ1) is 18.2. The molecule has 37 heavy (non-hydrogen) atoms. The molecule has 2 N–H and O–H groups in total. The number of esters is 2. The van der Waals surface area contributed by atoms with Crippen LogP contribution in [-0.4, -0.2) is 53.7 Å². The molecule has 0 saturated carbocycles. The lowest BCUT2D eigenvalue weighted by atomic mass is 10.1. The van der Waals surface area contributed by atoms with E-state index in [-0.39, 0.29) is 11.5 Å². The summed E-state index contributed by atoms with van der Waals surface area (Å²) in [6.45, 7) is 1.25. The van der Waals surface area contributed by atoms with Gasteiger partial charge in [0.05, 0.1) is 13.2 Å². The molecular weight excluding hydrogens is 474 g/mol. The zero-order valence-corrected chi connectivity index (χ0v) is 22.9. The molecule has 0 aromatic carbocycles. The third-order valence-electron chi connectivity index (χ3n) is 6.49. The van der Waals surface area contributed by atoms with Crippen LogP contribution in [0.15, 0.2) is 10.6 Å². The predicted octanol–water partition coefficient (Wildman–Crippen LogP) is 6.77. The Balaban J connectivity index is 1.99. The van der Waals surface area contributed by atoms with Gasteiger partial charge in [-0.05, 0) is 25.7 Å². The summed E-state index contributed by atoms with van der Waals surface area (Å²) in [5.74, 6) is -1.27. The van der Waals surface area contributed by atoms with E-state index in [1.807, 2.05) is 0 Å². The Labute approximate surface area is 223 Å². The van der Waals surface area contributed by atoms with Crippen molar-refractivity contribution in [2.45, 2.75) is 128 Å². The summed E-state index contributed by atoms with van der Waals surface area (Å²) in [5, 5.41) is 21.2. The van der Waals surface area contributed by atoms with Gasteiger partial charge in [0, 0.05) is 19.3 Å². The third-order valence-corrected chi connectivity index (χ3v) is 6.49. The van der Waals surface area contributed by atoms with E-state index in [1.165, 1.54) is 70.3 Å². The monoisotopic (exact) mass is 525 g/mol. The predicted molar refractivity (Wildman–Crippen MR) is 144 cm³/mol. The van der Waals surface area contributed by atoms with Crippen molar-refractivity contribution in [1.29, 1.82) is 0 Å². The van der Waals surface area contributed by atoms with Crippen molar-refractivity contribution < 1.29 is 33.8 Å². The minimum absolute atomic E-state index is 0.00971. The van der Waals surface area contributed by atoms with Crippen molar-refractivity contribution in [3.05, 3.63) is 17.5 Å². The minimum atomic E-state index is -0.608. The van der Waals surface area contributed by atoms with Gasteiger partial charge in [-0.15, -0.1) is 0 Å². The van der Waals surface area contributed by atoms with Gasteiger partial charge in [0.1, 0.15) is 0 Å². The summed E-state index contributed by atoms with van der Waals surface area (Å²) in [5.41, 5.74) is -0.00971. The summed E-state index contributed by atoms with van der Waals surface area (Å²) >= 11 is 0. The number of hydrogen-bond donors (Lipinski definition) is 2. The van der Waals surface area contributed by atoms with Gasteiger partial charge in [-0.3, -0.25) is 0 Å². The smallest absolute Gasteiger partial charge is 0.377 e. The molecule has 1 aromatic heterocycles. The molecule has 1 rings (SSSR count). The fourth-order valence-corrected chi connectivity index (χ4v) is 4.20. The molecule has 0 aliphatic heterocycles. The molecule has 0 amide bonds. The first kappa shape index (κ1) is 33.1. The molecular formula is C29H51NO7. The molecule has 0 fully saturated rings. The normalized spacial score (nSPS) is 11.1. The fourth-order valence-electron chi connectivity index (χ4n) is 4.20. The first-order valence-electron chi connectivity index (χ1n) is 14.7. The molecule has 0 saturated heterocycles. The molecule has 1 aromatic rings. The summed E-state index contributed by atoms with van der Waals surface area (Å²) in [4.78, 5) is 24.2. The Morgan fingerprint density at radius 3 is 1.32 bits per heavy atom. The fraction of sp³-hybridized carbons (Fsp3) is 0.828. The van der Waals surface area contributed by atoms with Crippen LogP contribution in [0.5, 0.6) is 0 Å². The van der Waals surface area contributed by atoms with Gasteiger partial charge in [0.2, 0.25) is 5.76 Å². The van der Waals surface area contributed by atoms with Crippen molar-refractivity contribution in [2.24, 2.45) is 0 Å². The molecule has 0 unspecified atom stereocenters. The van der Waals surface area contributed by atoms with Crippen molar-refractivity contribution in [3.8, 4) is 0 Å². The van der Waals surface area contributed by atoms with Gasteiger partial charge < -0.3 is 24.2 Å². The van der Waals surface area contributed by atoms with E-state index in [9.17, 15) is 9.59 Å². The number of carbonyl (C=O) groups is 2. The molecule has 8 heteroatoms. The van der Waals surface area contributed by atoms with Gasteiger partial charge in [-0.2, -0.15) is 0 Å². The van der Waals surface area contributed by atoms with Crippen LogP contribution >= 0.6 is 0 Å². The van der Waals surface area contributed by atoms with Crippen molar-refractivity contribution in [2.75, 3.05) is 26.4 Å². The maximum atomic E-state index is 12.1.